The van der Waals surface area contributed by atoms with Gasteiger partial charge < -0.3 is 10.3 Å². The Bertz CT molecular complexity index is 1120. The molecule has 0 bridgehead atoms. The molecule has 0 radical (unpaired) electrons. The predicted octanol–water partition coefficient (Wildman–Crippen LogP) is 0.550. The molecule has 150 valence electrons. The van der Waals surface area contributed by atoms with Crippen molar-refractivity contribution >= 4 is 21.6 Å². The summed E-state index contributed by atoms with van der Waals surface area (Å²) in [6.45, 7) is 1.34. The minimum atomic E-state index is -4.21. The Morgan fingerprint density at radius 2 is 2.04 bits per heavy atom. The zero-order chi connectivity index (χ0) is 20.5. The van der Waals surface area contributed by atoms with Crippen molar-refractivity contribution in [2.24, 2.45) is 5.92 Å². The molecule has 1 aliphatic rings. The highest BCUT2D eigenvalue weighted by Gasteiger charge is 2.35. The second kappa shape index (κ2) is 7.68. The van der Waals surface area contributed by atoms with Crippen LogP contribution < -0.4 is 16.6 Å². The number of nitrogens with one attached hydrogen (secondary N) is 3. The lowest BCUT2D eigenvalue weighted by Gasteiger charge is -2.31. The molecule has 9 nitrogen and oxygen atoms in total. The van der Waals surface area contributed by atoms with Crippen molar-refractivity contribution < 1.29 is 17.6 Å². The number of sulfonamides is 1. The number of hydrogen-bond acceptors (Lipinski definition) is 5. The molecule has 1 unspecified atom stereocenters. The third-order valence-electron chi connectivity index (χ3n) is 4.52. The topological polar surface area (TPSA) is 132 Å². The number of piperidine rings is 1. The molecule has 0 saturated carbocycles. The zero-order valence-electron chi connectivity index (χ0n) is 15.0. The van der Waals surface area contributed by atoms with Crippen LogP contribution in [0.1, 0.15) is 18.5 Å². The van der Waals surface area contributed by atoms with E-state index in [9.17, 15) is 27.2 Å². The molecule has 28 heavy (non-hydrogen) atoms. The number of anilines is 1. The van der Waals surface area contributed by atoms with Crippen molar-refractivity contribution in [3.8, 4) is 0 Å². The van der Waals surface area contributed by atoms with E-state index in [1.54, 1.807) is 0 Å². The van der Waals surface area contributed by atoms with Crippen LogP contribution in [-0.4, -0.2) is 41.7 Å². The molecule has 3 N–H and O–H groups in total. The fourth-order valence-electron chi connectivity index (χ4n) is 3.21. The van der Waals surface area contributed by atoms with E-state index in [0.717, 1.165) is 4.31 Å². The molecular formula is C17H19FN4O5S. The highest BCUT2D eigenvalue weighted by Crippen LogP contribution is 2.24. The number of carbonyl (C=O) groups is 1. The van der Waals surface area contributed by atoms with Crippen LogP contribution in [0.2, 0.25) is 0 Å². The number of aromatic amines is 2. The van der Waals surface area contributed by atoms with Gasteiger partial charge in [0.2, 0.25) is 15.9 Å². The van der Waals surface area contributed by atoms with Crippen LogP contribution in [0.15, 0.2) is 38.8 Å². The summed E-state index contributed by atoms with van der Waals surface area (Å²) < 4.78 is 40.2. The van der Waals surface area contributed by atoms with E-state index in [0.29, 0.717) is 12.8 Å². The van der Waals surface area contributed by atoms with Gasteiger partial charge >= 0.3 is 5.69 Å². The van der Waals surface area contributed by atoms with Crippen LogP contribution in [0.25, 0.3) is 0 Å². The maximum Gasteiger partial charge on any atom is 0.325 e. The highest BCUT2D eigenvalue weighted by atomic mass is 32.2. The normalized spacial score (nSPS) is 18.0. The maximum atomic E-state index is 13.3. The summed E-state index contributed by atoms with van der Waals surface area (Å²) in [5.41, 5.74) is -1.60. The number of rotatable bonds is 4. The van der Waals surface area contributed by atoms with Crippen LogP contribution in [0.4, 0.5) is 10.1 Å². The molecular weight excluding hydrogens is 391 g/mol. The van der Waals surface area contributed by atoms with Gasteiger partial charge in [-0.15, -0.1) is 0 Å². The summed E-state index contributed by atoms with van der Waals surface area (Å²) >= 11 is 0. The number of nitrogens with zero attached hydrogens (tertiary/aromatic N) is 1. The molecule has 0 aliphatic carbocycles. The fourth-order valence-corrected chi connectivity index (χ4v) is 4.94. The minimum absolute atomic E-state index is 0.0694. The lowest BCUT2D eigenvalue weighted by atomic mass is 9.99. The van der Waals surface area contributed by atoms with Crippen LogP contribution in [-0.2, 0) is 14.8 Å². The van der Waals surface area contributed by atoms with Crippen LogP contribution in [0.3, 0.4) is 0 Å². The molecule has 2 heterocycles. The van der Waals surface area contributed by atoms with Crippen molar-refractivity contribution in [1.82, 2.24) is 14.3 Å². The number of benzene rings is 1. The van der Waals surface area contributed by atoms with Gasteiger partial charge in [-0.05, 0) is 38.0 Å². The fraction of sp³-hybridized carbons (Fsp3) is 0.353. The summed E-state index contributed by atoms with van der Waals surface area (Å²) in [4.78, 5) is 39.5. The Labute approximate surface area is 159 Å². The smallest absolute Gasteiger partial charge is 0.325 e. The molecule has 1 amide bonds. The van der Waals surface area contributed by atoms with Gasteiger partial charge in [0, 0.05) is 24.5 Å². The van der Waals surface area contributed by atoms with Gasteiger partial charge in [-0.3, -0.25) is 14.6 Å². The summed E-state index contributed by atoms with van der Waals surface area (Å²) in [7, 11) is -4.21. The molecule has 11 heteroatoms. The number of hydrogen-bond donors (Lipinski definition) is 3. The Hall–Kier alpha value is -2.79. The van der Waals surface area contributed by atoms with Gasteiger partial charge in [0.1, 0.15) is 5.82 Å². The van der Waals surface area contributed by atoms with Crippen molar-refractivity contribution in [3.63, 3.8) is 0 Å². The van der Waals surface area contributed by atoms with Gasteiger partial charge in [-0.1, -0.05) is 6.07 Å². The second-order valence-electron chi connectivity index (χ2n) is 6.56. The predicted molar refractivity (Wildman–Crippen MR) is 98.9 cm³/mol. The lowest BCUT2D eigenvalue weighted by Crippen LogP contribution is -2.45. The average molecular weight is 410 g/mol. The third kappa shape index (κ3) is 4.04. The molecule has 3 rings (SSSR count). The average Bonchev–Trinajstić information content (AvgIpc) is 2.60. The summed E-state index contributed by atoms with van der Waals surface area (Å²) in [5.74, 6) is -1.59. The van der Waals surface area contributed by atoms with Crippen LogP contribution >= 0.6 is 0 Å². The van der Waals surface area contributed by atoms with Crippen molar-refractivity contribution in [1.29, 1.82) is 0 Å². The van der Waals surface area contributed by atoms with E-state index in [-0.39, 0.29) is 24.5 Å². The largest absolute Gasteiger partial charge is 0.326 e. The van der Waals surface area contributed by atoms with Crippen LogP contribution in [0.5, 0.6) is 0 Å². The van der Waals surface area contributed by atoms with E-state index in [1.807, 2.05) is 4.98 Å². The summed E-state index contributed by atoms with van der Waals surface area (Å²) in [6, 6.07) is 5.39. The first kappa shape index (κ1) is 20.0. The quantitative estimate of drug-likeness (QED) is 0.677. The monoisotopic (exact) mass is 410 g/mol. The standard InChI is InChI=1S/C17H19FN4O5S/c1-10-14(16(24)21-17(25)19-10)28(26,27)22-7-3-4-11(9-22)15(23)20-13-6-2-5-12(18)8-13/h2,5-6,8,11H,3-4,7,9H2,1H3,(H,20,23)(H2,19,21,24,25). The molecule has 0 spiro atoms. The molecule has 1 atom stereocenters. The van der Waals surface area contributed by atoms with Crippen LogP contribution in [0, 0.1) is 18.7 Å². The van der Waals surface area contributed by atoms with E-state index in [2.05, 4.69) is 10.3 Å². The first-order valence-electron chi connectivity index (χ1n) is 8.58. The minimum Gasteiger partial charge on any atom is -0.326 e. The zero-order valence-corrected chi connectivity index (χ0v) is 15.8. The molecule has 2 aromatic rings. The highest BCUT2D eigenvalue weighted by molar-refractivity contribution is 7.89. The molecule has 1 aromatic heterocycles. The molecule has 1 aliphatic heterocycles. The molecule has 1 saturated heterocycles. The Balaban J connectivity index is 1.82. The number of halogens is 1. The third-order valence-corrected chi connectivity index (χ3v) is 6.54. The summed E-state index contributed by atoms with van der Waals surface area (Å²) in [5, 5.41) is 2.58. The summed E-state index contributed by atoms with van der Waals surface area (Å²) in [6.07, 6.45) is 0.870. The first-order valence-corrected chi connectivity index (χ1v) is 10.0. The SMILES string of the molecule is Cc1[nH]c(=O)[nH]c(=O)c1S(=O)(=O)N1CCCC(C(=O)Nc2cccc(F)c2)C1. The maximum absolute atomic E-state index is 13.3. The van der Waals surface area contributed by atoms with E-state index < -0.39 is 43.8 Å². The second-order valence-corrected chi connectivity index (χ2v) is 8.44. The van der Waals surface area contributed by atoms with Gasteiger partial charge in [0.05, 0.1) is 5.92 Å². The number of amides is 1. The van der Waals surface area contributed by atoms with E-state index in [4.69, 9.17) is 0 Å². The van der Waals surface area contributed by atoms with Crippen molar-refractivity contribution in [2.45, 2.75) is 24.7 Å². The number of aromatic nitrogens is 2. The molecule has 1 fully saturated rings. The Morgan fingerprint density at radius 1 is 1.29 bits per heavy atom. The van der Waals surface area contributed by atoms with Gasteiger partial charge in [0.25, 0.3) is 5.56 Å². The Kier molecular flexibility index (Phi) is 5.47. The van der Waals surface area contributed by atoms with Gasteiger partial charge in [0.15, 0.2) is 4.90 Å². The van der Waals surface area contributed by atoms with Crippen molar-refractivity contribution in [3.05, 3.63) is 56.6 Å². The number of aryl methyl sites for hydroxylation is 1. The van der Waals surface area contributed by atoms with Gasteiger partial charge in [-0.25, -0.2) is 17.6 Å². The first-order chi connectivity index (χ1) is 13.2. The number of H-pyrrole nitrogens is 2. The molecule has 1 aromatic carbocycles. The lowest BCUT2D eigenvalue weighted by molar-refractivity contribution is -0.120. The number of carbonyl (C=O) groups excluding carboxylic acids is 1. The van der Waals surface area contributed by atoms with Crippen molar-refractivity contribution in [2.75, 3.05) is 18.4 Å². The van der Waals surface area contributed by atoms with E-state index >= 15 is 0 Å². The van der Waals surface area contributed by atoms with Gasteiger partial charge in [-0.2, -0.15) is 4.31 Å². The Morgan fingerprint density at radius 3 is 2.71 bits per heavy atom. The van der Waals surface area contributed by atoms with E-state index in [1.165, 1.54) is 31.2 Å².